The van der Waals surface area contributed by atoms with Crippen molar-refractivity contribution >= 4 is 24.4 Å². The highest BCUT2D eigenvalue weighted by Gasteiger charge is 2.05. The summed E-state index contributed by atoms with van der Waals surface area (Å²) in [5.41, 5.74) is 0. The zero-order valence-corrected chi connectivity index (χ0v) is 8.14. The van der Waals surface area contributed by atoms with Gasteiger partial charge in [-0.2, -0.15) is 24.4 Å². The lowest BCUT2D eigenvalue weighted by Gasteiger charge is -2.13. The Bertz CT molecular complexity index is 61.9. The average molecular weight is 164 g/mol. The van der Waals surface area contributed by atoms with Crippen LogP contribution in [-0.4, -0.2) is 16.8 Å². The summed E-state index contributed by atoms with van der Waals surface area (Å²) in [6.45, 7) is 6.80. The Labute approximate surface area is 68.2 Å². The maximum Gasteiger partial charge on any atom is 0.00420 e. The lowest BCUT2D eigenvalue weighted by atomic mass is 10.2. The van der Waals surface area contributed by atoms with Gasteiger partial charge in [-0.1, -0.05) is 20.8 Å². The van der Waals surface area contributed by atoms with Gasteiger partial charge < -0.3 is 0 Å². The van der Waals surface area contributed by atoms with Gasteiger partial charge in [-0.15, -0.1) is 0 Å². The highest BCUT2D eigenvalue weighted by molar-refractivity contribution is 8.00. The van der Waals surface area contributed by atoms with Crippen LogP contribution in [0.2, 0.25) is 0 Å². The van der Waals surface area contributed by atoms with Crippen molar-refractivity contribution < 1.29 is 0 Å². The predicted octanol–water partition coefficient (Wildman–Crippen LogP) is 2.69. The third kappa shape index (κ3) is 5.16. The van der Waals surface area contributed by atoms with E-state index in [1.54, 1.807) is 0 Å². The summed E-state index contributed by atoms with van der Waals surface area (Å²) in [4.78, 5) is 0. The number of hydrogen-bond donors (Lipinski definition) is 1. The van der Waals surface area contributed by atoms with Crippen LogP contribution in [0.5, 0.6) is 0 Å². The quantitative estimate of drug-likeness (QED) is 0.623. The lowest BCUT2D eigenvalue weighted by molar-refractivity contribution is 0.642. The van der Waals surface area contributed by atoms with Crippen LogP contribution in [0.4, 0.5) is 0 Å². The van der Waals surface area contributed by atoms with Gasteiger partial charge in [-0.3, -0.25) is 0 Å². The number of rotatable bonds is 4. The van der Waals surface area contributed by atoms with Crippen molar-refractivity contribution in [1.82, 2.24) is 0 Å². The minimum absolute atomic E-state index is 0.789. The van der Waals surface area contributed by atoms with Crippen LogP contribution in [0.25, 0.3) is 0 Å². The molecule has 2 heteroatoms. The Hall–Kier alpha value is 0.700. The number of thiol groups is 1. The van der Waals surface area contributed by atoms with Crippen LogP contribution >= 0.6 is 24.4 Å². The summed E-state index contributed by atoms with van der Waals surface area (Å²) in [5.74, 6) is 2.99. The van der Waals surface area contributed by atoms with Crippen LogP contribution < -0.4 is 0 Å². The predicted molar refractivity (Wildman–Crippen MR) is 50.6 cm³/mol. The van der Waals surface area contributed by atoms with Gasteiger partial charge >= 0.3 is 0 Å². The Morgan fingerprint density at radius 2 is 1.89 bits per heavy atom. The van der Waals surface area contributed by atoms with E-state index in [-0.39, 0.29) is 0 Å². The maximum atomic E-state index is 4.14. The Balaban J connectivity index is 3.16. The summed E-state index contributed by atoms with van der Waals surface area (Å²) in [6, 6.07) is 0. The fraction of sp³-hybridized carbons (Fsp3) is 1.00. The van der Waals surface area contributed by atoms with Crippen LogP contribution in [0.15, 0.2) is 0 Å². The van der Waals surface area contributed by atoms with E-state index in [4.69, 9.17) is 0 Å². The molecule has 0 aromatic rings. The molecule has 0 aromatic heterocycles. The summed E-state index contributed by atoms with van der Waals surface area (Å²) < 4.78 is 0. The van der Waals surface area contributed by atoms with Gasteiger partial charge in [0.15, 0.2) is 0 Å². The highest BCUT2D eigenvalue weighted by Crippen LogP contribution is 2.17. The fourth-order valence-electron chi connectivity index (χ4n) is 0.431. The van der Waals surface area contributed by atoms with Crippen molar-refractivity contribution in [3.63, 3.8) is 0 Å². The van der Waals surface area contributed by atoms with Gasteiger partial charge in [-0.05, 0) is 11.7 Å². The van der Waals surface area contributed by atoms with E-state index >= 15 is 0 Å². The second-order valence-corrected chi connectivity index (χ2v) is 4.48. The zero-order valence-electron chi connectivity index (χ0n) is 6.42. The third-order valence-corrected chi connectivity index (χ3v) is 3.45. The van der Waals surface area contributed by atoms with E-state index in [1.165, 1.54) is 5.75 Å². The molecule has 0 bridgehead atoms. The van der Waals surface area contributed by atoms with Gasteiger partial charge in [0.25, 0.3) is 0 Å². The normalized spacial score (nSPS) is 14.3. The monoisotopic (exact) mass is 164 g/mol. The second-order valence-electron chi connectivity index (χ2n) is 2.54. The molecule has 0 N–H and O–H groups in total. The summed E-state index contributed by atoms with van der Waals surface area (Å²) in [6.07, 6.45) is 0. The number of thioether (sulfide) groups is 1. The van der Waals surface area contributed by atoms with Crippen LogP contribution in [0, 0.1) is 5.92 Å². The van der Waals surface area contributed by atoms with Crippen molar-refractivity contribution in [1.29, 1.82) is 0 Å². The maximum absolute atomic E-state index is 4.14. The smallest absolute Gasteiger partial charge is 0.00420 e. The van der Waals surface area contributed by atoms with Gasteiger partial charge in [-0.25, -0.2) is 0 Å². The van der Waals surface area contributed by atoms with Gasteiger partial charge in [0.1, 0.15) is 0 Å². The van der Waals surface area contributed by atoms with E-state index in [0.29, 0.717) is 0 Å². The zero-order chi connectivity index (χ0) is 7.28. The molecule has 1 unspecified atom stereocenters. The molecule has 9 heavy (non-hydrogen) atoms. The van der Waals surface area contributed by atoms with Crippen molar-refractivity contribution in [2.45, 2.75) is 26.0 Å². The molecule has 0 nitrogen and oxygen atoms in total. The molecular formula is C7H16S2. The van der Waals surface area contributed by atoms with E-state index < -0.39 is 0 Å². The Morgan fingerprint density at radius 1 is 1.33 bits per heavy atom. The Morgan fingerprint density at radius 3 is 2.22 bits per heavy atom. The largest absolute Gasteiger partial charge is 0.179 e. The minimum atomic E-state index is 0.789. The molecule has 0 amide bonds. The Kier molecular flexibility index (Phi) is 5.91. The highest BCUT2D eigenvalue weighted by atomic mass is 32.2. The standard InChI is InChI=1S/C7H16S2/c1-6(2)7(3)9-5-4-8/h6-8H,4-5H2,1-3H3. The summed E-state index contributed by atoms with van der Waals surface area (Å²) in [7, 11) is 0. The molecule has 0 fully saturated rings. The molecule has 0 aromatic carbocycles. The summed E-state index contributed by atoms with van der Waals surface area (Å²) in [5, 5.41) is 0.789. The van der Waals surface area contributed by atoms with Crippen molar-refractivity contribution in [2.24, 2.45) is 5.92 Å². The van der Waals surface area contributed by atoms with Crippen LogP contribution in [0.1, 0.15) is 20.8 Å². The van der Waals surface area contributed by atoms with Crippen molar-refractivity contribution in [2.75, 3.05) is 11.5 Å². The van der Waals surface area contributed by atoms with E-state index in [9.17, 15) is 0 Å². The van der Waals surface area contributed by atoms with E-state index in [2.05, 4.69) is 33.4 Å². The van der Waals surface area contributed by atoms with Gasteiger partial charge in [0.05, 0.1) is 0 Å². The van der Waals surface area contributed by atoms with Gasteiger partial charge in [0, 0.05) is 11.0 Å². The van der Waals surface area contributed by atoms with E-state index in [1.807, 2.05) is 11.8 Å². The third-order valence-electron chi connectivity index (χ3n) is 1.41. The lowest BCUT2D eigenvalue weighted by Crippen LogP contribution is -2.06. The minimum Gasteiger partial charge on any atom is -0.179 e. The van der Waals surface area contributed by atoms with Crippen molar-refractivity contribution in [3.05, 3.63) is 0 Å². The SMILES string of the molecule is CC(C)C(C)SCCS. The molecule has 0 aliphatic carbocycles. The molecule has 0 aliphatic heterocycles. The molecule has 0 heterocycles. The van der Waals surface area contributed by atoms with Crippen LogP contribution in [0.3, 0.4) is 0 Å². The van der Waals surface area contributed by atoms with E-state index in [0.717, 1.165) is 16.9 Å². The molecule has 56 valence electrons. The molecule has 0 radical (unpaired) electrons. The molecule has 1 atom stereocenters. The van der Waals surface area contributed by atoms with Gasteiger partial charge in [0.2, 0.25) is 0 Å². The molecule has 0 saturated carbocycles. The first-order valence-electron chi connectivity index (χ1n) is 3.41. The molecular weight excluding hydrogens is 148 g/mol. The number of hydrogen-bond acceptors (Lipinski definition) is 2. The molecule has 0 rings (SSSR count). The molecule has 0 saturated heterocycles. The average Bonchev–Trinajstić information content (AvgIpc) is 1.82. The summed E-state index contributed by atoms with van der Waals surface area (Å²) >= 11 is 6.15. The topological polar surface area (TPSA) is 0 Å². The van der Waals surface area contributed by atoms with Crippen molar-refractivity contribution in [3.8, 4) is 0 Å². The molecule has 0 spiro atoms. The first kappa shape index (κ1) is 9.70. The first-order valence-corrected chi connectivity index (χ1v) is 5.09. The molecule has 0 aliphatic rings. The fourth-order valence-corrected chi connectivity index (χ4v) is 1.61. The van der Waals surface area contributed by atoms with Crippen LogP contribution in [-0.2, 0) is 0 Å². The first-order chi connectivity index (χ1) is 4.18. The second kappa shape index (κ2) is 5.48.